The zero-order valence-electron chi connectivity index (χ0n) is 15.7. The van der Waals surface area contributed by atoms with Crippen molar-refractivity contribution >= 4 is 32.6 Å². The summed E-state index contributed by atoms with van der Waals surface area (Å²) in [5, 5.41) is 4.77. The first kappa shape index (κ1) is 16.1. The molecule has 0 N–H and O–H groups in total. The summed E-state index contributed by atoms with van der Waals surface area (Å²) in [4.78, 5) is 4.95. The van der Waals surface area contributed by atoms with Crippen LogP contribution in [0.2, 0.25) is 0 Å². The molecule has 0 unspecified atom stereocenters. The molecule has 2 nitrogen and oxygen atoms in total. The Labute approximate surface area is 168 Å². The summed E-state index contributed by atoms with van der Waals surface area (Å²) in [6.45, 7) is 0. The van der Waals surface area contributed by atoms with Crippen LogP contribution in [0.4, 0.5) is 0 Å². The Hall–Kier alpha value is -3.91. The molecule has 0 aliphatic rings. The van der Waals surface area contributed by atoms with E-state index in [0.29, 0.717) is 5.89 Å². The van der Waals surface area contributed by atoms with E-state index in [2.05, 4.69) is 91.0 Å². The van der Waals surface area contributed by atoms with Crippen molar-refractivity contribution in [3.05, 3.63) is 103 Å². The lowest BCUT2D eigenvalue weighted by atomic mass is 9.97. The third-order valence-electron chi connectivity index (χ3n) is 5.52. The first-order chi connectivity index (χ1) is 14.4. The Balaban J connectivity index is 1.62. The molecule has 0 bridgehead atoms. The van der Waals surface area contributed by atoms with E-state index in [0.717, 1.165) is 27.6 Å². The van der Waals surface area contributed by atoms with Crippen LogP contribution >= 0.6 is 0 Å². The van der Waals surface area contributed by atoms with Gasteiger partial charge in [-0.15, -0.1) is 0 Å². The van der Waals surface area contributed by atoms with Crippen molar-refractivity contribution in [1.29, 1.82) is 0 Å². The van der Waals surface area contributed by atoms with E-state index in [4.69, 9.17) is 9.40 Å². The fourth-order valence-corrected chi connectivity index (χ4v) is 4.15. The molecule has 0 atom stereocenters. The van der Waals surface area contributed by atoms with Crippen molar-refractivity contribution in [3.8, 4) is 22.6 Å². The molecule has 0 saturated carbocycles. The lowest BCUT2D eigenvalue weighted by Gasteiger charge is -2.07. The van der Waals surface area contributed by atoms with Crippen molar-refractivity contribution in [2.24, 2.45) is 0 Å². The quantitative estimate of drug-likeness (QED) is 0.315. The number of hydrogen-bond acceptors (Lipinski definition) is 2. The Bertz CT molecular complexity index is 1500. The number of fused-ring (bicyclic) bond motifs is 3. The van der Waals surface area contributed by atoms with E-state index < -0.39 is 0 Å². The minimum absolute atomic E-state index is 0.657. The van der Waals surface area contributed by atoms with Gasteiger partial charge < -0.3 is 4.42 Å². The fourth-order valence-electron chi connectivity index (χ4n) is 4.15. The van der Waals surface area contributed by atoms with E-state index in [1.165, 1.54) is 21.7 Å². The summed E-state index contributed by atoms with van der Waals surface area (Å²) in [6.07, 6.45) is 0. The van der Waals surface area contributed by atoms with Crippen molar-refractivity contribution in [1.82, 2.24) is 4.98 Å². The van der Waals surface area contributed by atoms with Crippen molar-refractivity contribution in [3.63, 3.8) is 0 Å². The Morgan fingerprint density at radius 1 is 0.483 bits per heavy atom. The number of oxazole rings is 1. The molecule has 1 aromatic heterocycles. The maximum atomic E-state index is 6.23. The molecule has 0 spiro atoms. The molecule has 6 aromatic rings. The fraction of sp³-hybridized carbons (Fsp3) is 0. The SMILES string of the molecule is c1ccc2c(-c3nc4c(-c5cccc6ccccc56)cccc4o3)cccc2c1. The smallest absolute Gasteiger partial charge is 0.227 e. The van der Waals surface area contributed by atoms with E-state index in [1.54, 1.807) is 0 Å². The molecule has 0 aliphatic heterocycles. The number of para-hydroxylation sites is 1. The van der Waals surface area contributed by atoms with Crippen LogP contribution in [0.1, 0.15) is 0 Å². The van der Waals surface area contributed by atoms with Crippen LogP contribution in [0.15, 0.2) is 108 Å². The first-order valence-corrected chi connectivity index (χ1v) is 9.74. The molecule has 6 rings (SSSR count). The molecular formula is C27H17NO. The summed E-state index contributed by atoms with van der Waals surface area (Å²) in [5.41, 5.74) is 4.98. The van der Waals surface area contributed by atoms with Gasteiger partial charge in [-0.1, -0.05) is 91.0 Å². The van der Waals surface area contributed by atoms with Gasteiger partial charge in [0.15, 0.2) is 5.58 Å². The molecule has 0 amide bonds. The summed E-state index contributed by atoms with van der Waals surface area (Å²) in [6, 6.07) is 35.6. The normalized spacial score (nSPS) is 11.4. The average molecular weight is 371 g/mol. The van der Waals surface area contributed by atoms with Crippen LogP contribution in [0.3, 0.4) is 0 Å². The van der Waals surface area contributed by atoms with Gasteiger partial charge in [-0.25, -0.2) is 4.98 Å². The topological polar surface area (TPSA) is 26.0 Å². The number of nitrogens with zero attached hydrogens (tertiary/aromatic N) is 1. The summed E-state index contributed by atoms with van der Waals surface area (Å²) >= 11 is 0. The highest BCUT2D eigenvalue weighted by Gasteiger charge is 2.15. The lowest BCUT2D eigenvalue weighted by Crippen LogP contribution is -1.84. The standard InChI is InChI=1S/C27H17NO/c1-3-12-20-18(8-1)10-5-14-22(20)23-15-7-17-25-26(23)28-27(29-25)24-16-6-11-19-9-2-4-13-21(19)24/h1-17H. The maximum Gasteiger partial charge on any atom is 0.227 e. The van der Waals surface area contributed by atoms with E-state index in [-0.39, 0.29) is 0 Å². The highest BCUT2D eigenvalue weighted by Crippen LogP contribution is 2.36. The summed E-state index contributed by atoms with van der Waals surface area (Å²) in [5.74, 6) is 0.657. The highest BCUT2D eigenvalue weighted by atomic mass is 16.3. The van der Waals surface area contributed by atoms with Gasteiger partial charge in [0.25, 0.3) is 0 Å². The van der Waals surface area contributed by atoms with Crippen LogP contribution in [-0.2, 0) is 0 Å². The molecule has 0 radical (unpaired) electrons. The predicted molar refractivity (Wildman–Crippen MR) is 120 cm³/mol. The first-order valence-electron chi connectivity index (χ1n) is 9.74. The number of hydrogen-bond donors (Lipinski definition) is 0. The molecule has 1 heterocycles. The van der Waals surface area contributed by atoms with Crippen molar-refractivity contribution < 1.29 is 4.42 Å². The molecule has 5 aromatic carbocycles. The third kappa shape index (κ3) is 2.54. The molecule has 136 valence electrons. The van der Waals surface area contributed by atoms with Crippen LogP contribution in [0.25, 0.3) is 55.2 Å². The average Bonchev–Trinajstić information content (AvgIpc) is 3.22. The second-order valence-corrected chi connectivity index (χ2v) is 7.22. The zero-order chi connectivity index (χ0) is 19.2. The second-order valence-electron chi connectivity index (χ2n) is 7.22. The lowest BCUT2D eigenvalue weighted by molar-refractivity contribution is 0.620. The monoisotopic (exact) mass is 371 g/mol. The largest absolute Gasteiger partial charge is 0.436 e. The summed E-state index contributed by atoms with van der Waals surface area (Å²) in [7, 11) is 0. The van der Waals surface area contributed by atoms with E-state index in [1.807, 2.05) is 12.1 Å². The van der Waals surface area contributed by atoms with Gasteiger partial charge in [-0.2, -0.15) is 0 Å². The van der Waals surface area contributed by atoms with E-state index in [9.17, 15) is 0 Å². The van der Waals surface area contributed by atoms with Crippen LogP contribution in [0, 0.1) is 0 Å². The number of rotatable bonds is 2. The molecule has 29 heavy (non-hydrogen) atoms. The minimum atomic E-state index is 0.657. The Morgan fingerprint density at radius 2 is 1.03 bits per heavy atom. The predicted octanol–water partition coefficient (Wildman–Crippen LogP) is 7.47. The van der Waals surface area contributed by atoms with Crippen molar-refractivity contribution in [2.75, 3.05) is 0 Å². The molecular weight excluding hydrogens is 354 g/mol. The molecule has 0 fully saturated rings. The zero-order valence-corrected chi connectivity index (χ0v) is 15.7. The van der Waals surface area contributed by atoms with Crippen LogP contribution < -0.4 is 0 Å². The maximum absolute atomic E-state index is 6.23. The van der Waals surface area contributed by atoms with Crippen LogP contribution in [-0.4, -0.2) is 4.98 Å². The molecule has 2 heteroatoms. The Kier molecular flexibility index (Phi) is 3.50. The van der Waals surface area contributed by atoms with Gasteiger partial charge in [0.2, 0.25) is 5.89 Å². The van der Waals surface area contributed by atoms with Gasteiger partial charge in [0.1, 0.15) is 5.52 Å². The number of aromatic nitrogens is 1. The van der Waals surface area contributed by atoms with Gasteiger partial charge in [-0.05, 0) is 39.2 Å². The van der Waals surface area contributed by atoms with Gasteiger partial charge in [-0.3, -0.25) is 0 Å². The van der Waals surface area contributed by atoms with Crippen LogP contribution in [0.5, 0.6) is 0 Å². The minimum Gasteiger partial charge on any atom is -0.436 e. The van der Waals surface area contributed by atoms with Gasteiger partial charge in [0, 0.05) is 11.1 Å². The van der Waals surface area contributed by atoms with Gasteiger partial charge in [0.05, 0.1) is 0 Å². The number of benzene rings is 5. The second kappa shape index (κ2) is 6.32. The third-order valence-corrected chi connectivity index (χ3v) is 5.52. The molecule has 0 aliphatic carbocycles. The summed E-state index contributed by atoms with van der Waals surface area (Å²) < 4.78 is 6.23. The van der Waals surface area contributed by atoms with E-state index >= 15 is 0 Å². The van der Waals surface area contributed by atoms with Crippen molar-refractivity contribution in [2.45, 2.75) is 0 Å². The molecule has 0 saturated heterocycles. The Morgan fingerprint density at radius 3 is 1.79 bits per heavy atom. The van der Waals surface area contributed by atoms with Gasteiger partial charge >= 0.3 is 0 Å². The highest BCUT2D eigenvalue weighted by molar-refractivity contribution is 6.04.